The molecule has 0 radical (unpaired) electrons. The van der Waals surface area contributed by atoms with Gasteiger partial charge in [0.2, 0.25) is 5.91 Å². The summed E-state index contributed by atoms with van der Waals surface area (Å²) in [5.41, 5.74) is 2.32. The van der Waals surface area contributed by atoms with Gasteiger partial charge in [0.15, 0.2) is 5.96 Å². The van der Waals surface area contributed by atoms with Gasteiger partial charge >= 0.3 is 0 Å². The molecule has 174 valence electrons. The quantitative estimate of drug-likeness (QED) is 0.269. The lowest BCUT2D eigenvalue weighted by atomic mass is 9.85. The van der Waals surface area contributed by atoms with Crippen molar-refractivity contribution >= 4 is 47.4 Å². The number of rotatable bonds is 7. The van der Waals surface area contributed by atoms with Crippen LogP contribution < -0.4 is 16.0 Å². The molecule has 2 aromatic carbocycles. The van der Waals surface area contributed by atoms with Gasteiger partial charge < -0.3 is 16.0 Å². The fourth-order valence-electron chi connectivity index (χ4n) is 4.16. The predicted octanol–water partition coefficient (Wildman–Crippen LogP) is 3.82. The Kier molecular flexibility index (Phi) is 11.3. The Hall–Kier alpha value is -1.84. The van der Waals surface area contributed by atoms with Gasteiger partial charge in [-0.1, -0.05) is 54.1 Å². The monoisotopic (exact) mass is 569 g/mol. The van der Waals surface area contributed by atoms with Gasteiger partial charge in [-0.05, 0) is 55.6 Å². The summed E-state index contributed by atoms with van der Waals surface area (Å²) in [6.45, 7) is 2.53. The van der Waals surface area contributed by atoms with Crippen molar-refractivity contribution in [1.29, 1.82) is 0 Å². The first kappa shape index (κ1) is 26.4. The highest BCUT2D eigenvalue weighted by Gasteiger charge is 2.30. The summed E-state index contributed by atoms with van der Waals surface area (Å²) >= 11 is 6.24. The number of halogens is 2. The number of hydrogen-bond acceptors (Lipinski definition) is 3. The second-order valence-electron chi connectivity index (χ2n) is 7.95. The highest BCUT2D eigenvalue weighted by Crippen LogP contribution is 2.35. The first-order chi connectivity index (χ1) is 15.1. The van der Waals surface area contributed by atoms with Gasteiger partial charge in [-0.2, -0.15) is 0 Å². The normalized spacial score (nSPS) is 19.0. The molecule has 1 saturated heterocycles. The van der Waals surface area contributed by atoms with Gasteiger partial charge in [0, 0.05) is 31.2 Å². The zero-order valence-corrected chi connectivity index (χ0v) is 21.8. The minimum absolute atomic E-state index is 0. The third-order valence-corrected chi connectivity index (χ3v) is 5.94. The Morgan fingerprint density at radius 3 is 2.62 bits per heavy atom. The van der Waals surface area contributed by atoms with Crippen LogP contribution in [0.5, 0.6) is 0 Å². The highest BCUT2D eigenvalue weighted by molar-refractivity contribution is 14.0. The highest BCUT2D eigenvalue weighted by atomic mass is 127. The van der Waals surface area contributed by atoms with E-state index in [-0.39, 0.29) is 36.4 Å². The van der Waals surface area contributed by atoms with E-state index >= 15 is 0 Å². The molecule has 0 aromatic heterocycles. The molecule has 2 unspecified atom stereocenters. The van der Waals surface area contributed by atoms with Crippen LogP contribution in [0.2, 0.25) is 5.02 Å². The fourth-order valence-corrected chi connectivity index (χ4v) is 4.36. The zero-order valence-electron chi connectivity index (χ0n) is 18.7. The number of nitrogens with zero attached hydrogens (tertiary/aromatic N) is 2. The molecule has 0 spiro atoms. The second kappa shape index (κ2) is 13.6. The smallest absolute Gasteiger partial charge is 0.239 e. The van der Waals surface area contributed by atoms with E-state index in [1.54, 1.807) is 7.05 Å². The average molecular weight is 570 g/mol. The van der Waals surface area contributed by atoms with Crippen LogP contribution in [0.15, 0.2) is 59.6 Å². The molecule has 3 N–H and O–H groups in total. The topological polar surface area (TPSA) is 68.8 Å². The summed E-state index contributed by atoms with van der Waals surface area (Å²) in [4.78, 5) is 18.8. The van der Waals surface area contributed by atoms with Gasteiger partial charge in [-0.3, -0.25) is 14.7 Å². The molecule has 1 amide bonds. The number of benzene rings is 2. The summed E-state index contributed by atoms with van der Waals surface area (Å²) in [5, 5.41) is 10.2. The van der Waals surface area contributed by atoms with E-state index in [2.05, 4.69) is 45.0 Å². The van der Waals surface area contributed by atoms with Crippen LogP contribution in [0.4, 0.5) is 0 Å². The van der Waals surface area contributed by atoms with E-state index in [4.69, 9.17) is 11.6 Å². The standard InChI is InChI=1S/C24H32ClN5O.HI/c1-26-24(29-17-22(31)27-15-18-8-4-3-5-9-18)28-16-20-11-7-13-30(2)23(20)19-10-6-12-21(25)14-19;/h3-6,8-10,12,14,20,23H,7,11,13,15-17H2,1-2H3,(H,27,31)(H2,26,28,29);1H. The molecule has 0 aliphatic carbocycles. The van der Waals surface area contributed by atoms with Crippen molar-refractivity contribution < 1.29 is 4.79 Å². The minimum atomic E-state index is -0.0685. The summed E-state index contributed by atoms with van der Waals surface area (Å²) in [6, 6.07) is 18.3. The predicted molar refractivity (Wildman–Crippen MR) is 143 cm³/mol. The Balaban J connectivity index is 0.00000363. The lowest BCUT2D eigenvalue weighted by Gasteiger charge is -2.40. The van der Waals surface area contributed by atoms with Crippen LogP contribution >= 0.6 is 35.6 Å². The molecule has 8 heteroatoms. The van der Waals surface area contributed by atoms with Crippen LogP contribution in [0.3, 0.4) is 0 Å². The first-order valence-corrected chi connectivity index (χ1v) is 11.2. The van der Waals surface area contributed by atoms with Crippen molar-refractivity contribution in [3.8, 4) is 0 Å². The van der Waals surface area contributed by atoms with Gasteiger partial charge in [0.1, 0.15) is 0 Å². The molecule has 2 atom stereocenters. The van der Waals surface area contributed by atoms with E-state index in [1.807, 2.05) is 42.5 Å². The molecule has 0 bridgehead atoms. The maximum absolute atomic E-state index is 12.2. The van der Waals surface area contributed by atoms with Gasteiger partial charge in [0.05, 0.1) is 6.54 Å². The summed E-state index contributed by atoms with van der Waals surface area (Å²) in [6.07, 6.45) is 2.29. The number of carbonyl (C=O) groups is 1. The van der Waals surface area contributed by atoms with Crippen molar-refractivity contribution in [1.82, 2.24) is 20.9 Å². The molecule has 32 heavy (non-hydrogen) atoms. The van der Waals surface area contributed by atoms with E-state index in [0.29, 0.717) is 24.5 Å². The molecule has 1 aliphatic heterocycles. The number of guanidine groups is 1. The van der Waals surface area contributed by atoms with Crippen molar-refractivity contribution in [3.05, 3.63) is 70.7 Å². The number of piperidine rings is 1. The lowest BCUT2D eigenvalue weighted by molar-refractivity contribution is -0.120. The molecule has 3 rings (SSSR count). The fraction of sp³-hybridized carbons (Fsp3) is 0.417. The first-order valence-electron chi connectivity index (χ1n) is 10.8. The van der Waals surface area contributed by atoms with E-state index in [0.717, 1.165) is 36.5 Å². The van der Waals surface area contributed by atoms with Gasteiger partial charge in [-0.25, -0.2) is 0 Å². The number of aliphatic imine (C=N–C) groups is 1. The van der Waals surface area contributed by atoms with Crippen molar-refractivity contribution in [3.63, 3.8) is 0 Å². The maximum atomic E-state index is 12.2. The molecule has 6 nitrogen and oxygen atoms in total. The molecular formula is C24H33ClIN5O. The molecule has 0 saturated carbocycles. The maximum Gasteiger partial charge on any atom is 0.239 e. The number of amides is 1. The number of likely N-dealkylation sites (tertiary alicyclic amines) is 1. The lowest BCUT2D eigenvalue weighted by Crippen LogP contribution is -2.47. The van der Waals surface area contributed by atoms with Crippen molar-refractivity contribution in [2.45, 2.75) is 25.4 Å². The average Bonchev–Trinajstić information content (AvgIpc) is 2.78. The molecular weight excluding hydrogens is 537 g/mol. The van der Waals surface area contributed by atoms with Crippen LogP contribution in [-0.2, 0) is 11.3 Å². The Labute approximate surface area is 213 Å². The second-order valence-corrected chi connectivity index (χ2v) is 8.39. The molecule has 1 heterocycles. The van der Waals surface area contributed by atoms with Gasteiger partial charge in [-0.15, -0.1) is 24.0 Å². The third-order valence-electron chi connectivity index (χ3n) is 5.70. The molecule has 1 fully saturated rings. The third kappa shape index (κ3) is 7.94. The van der Waals surface area contributed by atoms with Crippen LogP contribution in [0.1, 0.15) is 30.0 Å². The molecule has 1 aliphatic rings. The Bertz CT molecular complexity index is 880. The summed E-state index contributed by atoms with van der Waals surface area (Å²) in [5.74, 6) is 0.983. The van der Waals surface area contributed by atoms with Crippen LogP contribution in [0, 0.1) is 5.92 Å². The van der Waals surface area contributed by atoms with E-state index in [1.165, 1.54) is 5.56 Å². The largest absolute Gasteiger partial charge is 0.356 e. The molecule has 2 aromatic rings. The zero-order chi connectivity index (χ0) is 22.1. The Morgan fingerprint density at radius 2 is 1.91 bits per heavy atom. The van der Waals surface area contributed by atoms with Crippen molar-refractivity contribution in [2.75, 3.05) is 33.7 Å². The number of carbonyl (C=O) groups excluding carboxylic acids is 1. The van der Waals surface area contributed by atoms with E-state index < -0.39 is 0 Å². The summed E-state index contributed by atoms with van der Waals surface area (Å²) < 4.78 is 0. The Morgan fingerprint density at radius 1 is 1.12 bits per heavy atom. The van der Waals surface area contributed by atoms with E-state index in [9.17, 15) is 4.79 Å². The van der Waals surface area contributed by atoms with Crippen LogP contribution in [-0.4, -0.2) is 50.5 Å². The number of nitrogens with one attached hydrogen (secondary N) is 3. The summed E-state index contributed by atoms with van der Waals surface area (Å²) in [7, 11) is 3.89. The number of hydrogen-bond donors (Lipinski definition) is 3. The van der Waals surface area contributed by atoms with Crippen LogP contribution in [0.25, 0.3) is 0 Å². The van der Waals surface area contributed by atoms with Crippen molar-refractivity contribution in [2.24, 2.45) is 10.9 Å². The SMILES string of the molecule is CN=C(NCC(=O)NCc1ccccc1)NCC1CCCN(C)C1c1cccc(Cl)c1.I. The van der Waals surface area contributed by atoms with Gasteiger partial charge in [0.25, 0.3) is 0 Å². The minimum Gasteiger partial charge on any atom is -0.356 e.